The normalized spacial score (nSPS) is 10.7. The van der Waals surface area contributed by atoms with Crippen molar-refractivity contribution in [1.29, 1.82) is 0 Å². The van der Waals surface area contributed by atoms with Crippen LogP contribution in [-0.4, -0.2) is 21.7 Å². The fourth-order valence-corrected chi connectivity index (χ4v) is 2.71. The van der Waals surface area contributed by atoms with Gasteiger partial charge in [0.05, 0.1) is 0 Å². The van der Waals surface area contributed by atoms with Gasteiger partial charge in [-0.3, -0.25) is 4.98 Å². The standard InChI is InChI=1S/C13H12N4S/c1-2-15-13-17-16-12(18-13)10-5-3-4-9-6-7-14-8-11(9)10/h3-8H,2H2,1H3,(H,15,17). The molecule has 4 nitrogen and oxygen atoms in total. The van der Waals surface area contributed by atoms with Gasteiger partial charge in [-0.05, 0) is 18.4 Å². The van der Waals surface area contributed by atoms with E-state index >= 15 is 0 Å². The molecule has 90 valence electrons. The van der Waals surface area contributed by atoms with Crippen LogP contribution >= 0.6 is 11.3 Å². The number of pyridine rings is 1. The average Bonchev–Trinajstić information content (AvgIpc) is 2.87. The van der Waals surface area contributed by atoms with Gasteiger partial charge in [0.15, 0.2) is 0 Å². The highest BCUT2D eigenvalue weighted by Crippen LogP contribution is 2.31. The molecule has 0 spiro atoms. The zero-order chi connectivity index (χ0) is 12.4. The number of nitrogens with one attached hydrogen (secondary N) is 1. The lowest BCUT2D eigenvalue weighted by atomic mass is 10.1. The summed E-state index contributed by atoms with van der Waals surface area (Å²) in [5.41, 5.74) is 1.09. The van der Waals surface area contributed by atoms with Gasteiger partial charge in [-0.15, -0.1) is 10.2 Å². The molecule has 5 heteroatoms. The molecule has 0 aliphatic heterocycles. The lowest BCUT2D eigenvalue weighted by molar-refractivity contribution is 1.07. The molecule has 0 aliphatic rings. The summed E-state index contributed by atoms with van der Waals surface area (Å²) in [6.07, 6.45) is 3.68. The second kappa shape index (κ2) is 4.70. The Morgan fingerprint density at radius 2 is 2.17 bits per heavy atom. The predicted octanol–water partition coefficient (Wildman–Crippen LogP) is 3.19. The van der Waals surface area contributed by atoms with E-state index in [9.17, 15) is 0 Å². The molecule has 1 aromatic carbocycles. The molecule has 1 N–H and O–H groups in total. The smallest absolute Gasteiger partial charge is 0.205 e. The Bertz CT molecular complexity index is 672. The number of anilines is 1. The summed E-state index contributed by atoms with van der Waals surface area (Å²) >= 11 is 1.56. The number of aromatic nitrogens is 3. The van der Waals surface area contributed by atoms with Crippen LogP contribution < -0.4 is 5.32 Å². The summed E-state index contributed by atoms with van der Waals surface area (Å²) in [5, 5.41) is 15.6. The Morgan fingerprint density at radius 3 is 3.06 bits per heavy atom. The third kappa shape index (κ3) is 1.93. The van der Waals surface area contributed by atoms with Crippen molar-refractivity contribution in [3.63, 3.8) is 0 Å². The van der Waals surface area contributed by atoms with Gasteiger partial charge in [0.25, 0.3) is 0 Å². The highest BCUT2D eigenvalue weighted by Gasteiger charge is 2.09. The molecule has 0 bridgehead atoms. The van der Waals surface area contributed by atoms with Gasteiger partial charge in [0.2, 0.25) is 5.13 Å². The van der Waals surface area contributed by atoms with Crippen LogP contribution in [0.5, 0.6) is 0 Å². The number of nitrogens with zero attached hydrogens (tertiary/aromatic N) is 3. The van der Waals surface area contributed by atoms with E-state index in [1.807, 2.05) is 25.3 Å². The number of benzene rings is 1. The Hall–Kier alpha value is -2.01. The van der Waals surface area contributed by atoms with Gasteiger partial charge >= 0.3 is 0 Å². The summed E-state index contributed by atoms with van der Waals surface area (Å²) in [4.78, 5) is 4.18. The second-order valence-corrected chi connectivity index (χ2v) is 4.82. The number of rotatable bonds is 3. The van der Waals surface area contributed by atoms with Crippen LogP contribution in [0.25, 0.3) is 21.3 Å². The van der Waals surface area contributed by atoms with Crippen molar-refractivity contribution in [2.75, 3.05) is 11.9 Å². The molecule has 3 aromatic rings. The molecule has 2 aromatic heterocycles. The highest BCUT2D eigenvalue weighted by molar-refractivity contribution is 7.18. The molecule has 3 rings (SSSR count). The molecule has 0 fully saturated rings. The summed E-state index contributed by atoms with van der Waals surface area (Å²) in [6.45, 7) is 2.90. The van der Waals surface area contributed by atoms with E-state index in [4.69, 9.17) is 0 Å². The highest BCUT2D eigenvalue weighted by atomic mass is 32.1. The predicted molar refractivity (Wildman–Crippen MR) is 74.8 cm³/mol. The molecule has 0 atom stereocenters. The fraction of sp³-hybridized carbons (Fsp3) is 0.154. The molecule has 0 radical (unpaired) electrons. The van der Waals surface area contributed by atoms with E-state index < -0.39 is 0 Å². The van der Waals surface area contributed by atoms with Gasteiger partial charge < -0.3 is 5.32 Å². The average molecular weight is 256 g/mol. The monoisotopic (exact) mass is 256 g/mol. The van der Waals surface area contributed by atoms with Crippen LogP contribution in [0.4, 0.5) is 5.13 Å². The van der Waals surface area contributed by atoms with E-state index in [1.165, 1.54) is 5.39 Å². The van der Waals surface area contributed by atoms with E-state index in [2.05, 4.69) is 32.6 Å². The lowest BCUT2D eigenvalue weighted by Crippen LogP contribution is -1.94. The number of hydrogen-bond donors (Lipinski definition) is 1. The fourth-order valence-electron chi connectivity index (χ4n) is 1.85. The van der Waals surface area contributed by atoms with Gasteiger partial charge in [0.1, 0.15) is 5.01 Å². The van der Waals surface area contributed by atoms with Crippen molar-refractivity contribution in [3.8, 4) is 10.6 Å². The molecule has 2 heterocycles. The Labute approximate surface area is 109 Å². The molecular weight excluding hydrogens is 244 g/mol. The molecule has 0 saturated heterocycles. The van der Waals surface area contributed by atoms with Crippen LogP contribution in [0.3, 0.4) is 0 Å². The Morgan fingerprint density at radius 1 is 1.22 bits per heavy atom. The van der Waals surface area contributed by atoms with Crippen molar-refractivity contribution in [1.82, 2.24) is 15.2 Å². The molecule has 0 amide bonds. The minimum absolute atomic E-state index is 0.853. The number of fused-ring (bicyclic) bond motifs is 1. The van der Waals surface area contributed by atoms with Crippen molar-refractivity contribution in [2.24, 2.45) is 0 Å². The Kier molecular flexibility index (Phi) is 2.90. The molecule has 18 heavy (non-hydrogen) atoms. The minimum Gasteiger partial charge on any atom is -0.360 e. The first-order valence-electron chi connectivity index (χ1n) is 5.79. The van der Waals surface area contributed by atoms with Gasteiger partial charge in [-0.1, -0.05) is 29.5 Å². The topological polar surface area (TPSA) is 50.7 Å². The quantitative estimate of drug-likeness (QED) is 0.782. The first-order chi connectivity index (χ1) is 8.88. The minimum atomic E-state index is 0.853. The summed E-state index contributed by atoms with van der Waals surface area (Å²) in [5.74, 6) is 0. The number of hydrogen-bond acceptors (Lipinski definition) is 5. The van der Waals surface area contributed by atoms with Crippen LogP contribution in [0.1, 0.15) is 6.92 Å². The zero-order valence-corrected chi connectivity index (χ0v) is 10.7. The molecule has 0 saturated carbocycles. The zero-order valence-electron chi connectivity index (χ0n) is 9.92. The van der Waals surface area contributed by atoms with Crippen LogP contribution in [0, 0.1) is 0 Å². The van der Waals surface area contributed by atoms with Gasteiger partial charge in [-0.2, -0.15) is 0 Å². The van der Waals surface area contributed by atoms with Crippen LogP contribution in [0.15, 0.2) is 36.7 Å². The maximum absolute atomic E-state index is 4.23. The summed E-state index contributed by atoms with van der Waals surface area (Å²) in [7, 11) is 0. The van der Waals surface area contributed by atoms with Gasteiger partial charge in [0, 0.05) is 29.9 Å². The van der Waals surface area contributed by atoms with E-state index in [0.29, 0.717) is 0 Å². The SMILES string of the molecule is CCNc1nnc(-c2cccc3ccncc23)s1. The Balaban J connectivity index is 2.12. The van der Waals surface area contributed by atoms with Crippen LogP contribution in [0.2, 0.25) is 0 Å². The van der Waals surface area contributed by atoms with E-state index in [1.54, 1.807) is 17.5 Å². The lowest BCUT2D eigenvalue weighted by Gasteiger charge is -2.01. The molecule has 0 aliphatic carbocycles. The molecule has 0 unspecified atom stereocenters. The van der Waals surface area contributed by atoms with Crippen molar-refractivity contribution >= 4 is 27.2 Å². The van der Waals surface area contributed by atoms with Crippen LogP contribution in [-0.2, 0) is 0 Å². The third-order valence-corrected chi connectivity index (χ3v) is 3.58. The molecular formula is C13H12N4S. The van der Waals surface area contributed by atoms with E-state index in [-0.39, 0.29) is 0 Å². The first kappa shape index (κ1) is 11.1. The maximum atomic E-state index is 4.23. The maximum Gasteiger partial charge on any atom is 0.205 e. The largest absolute Gasteiger partial charge is 0.360 e. The first-order valence-corrected chi connectivity index (χ1v) is 6.60. The van der Waals surface area contributed by atoms with Crippen molar-refractivity contribution in [3.05, 3.63) is 36.7 Å². The van der Waals surface area contributed by atoms with E-state index in [0.717, 1.165) is 27.6 Å². The van der Waals surface area contributed by atoms with Crippen molar-refractivity contribution < 1.29 is 0 Å². The van der Waals surface area contributed by atoms with Gasteiger partial charge in [-0.25, -0.2) is 0 Å². The second-order valence-electron chi connectivity index (χ2n) is 3.85. The summed E-state index contributed by atoms with van der Waals surface area (Å²) in [6, 6.07) is 8.17. The van der Waals surface area contributed by atoms with Crippen molar-refractivity contribution in [2.45, 2.75) is 6.92 Å². The summed E-state index contributed by atoms with van der Waals surface area (Å²) < 4.78 is 0. The third-order valence-electron chi connectivity index (χ3n) is 2.67.